The van der Waals surface area contributed by atoms with Crippen LogP contribution in [0.15, 0.2) is 79.4 Å². The van der Waals surface area contributed by atoms with Crippen molar-refractivity contribution in [1.82, 2.24) is 9.80 Å². The summed E-state index contributed by atoms with van der Waals surface area (Å²) in [5, 5.41) is 56.5. The standard InChI is InChI=1S/C67H82N6O23/c1-4-16-91-64(83)70-33-42-31-66(11-12-66)37-71(42)59(78)43-27-50(85-2)52(29-46(43)70)92-34-39-6-5-7-40(25-39)35-93-53-30-47-44(28-51(53)86-3)60(79)72-38-67(13-14-67)32-48(72)61(80)73(47)65(84)94-36-41-8-9-49(95-63-57(77)55(75)56(76)58(96-63)62(81)82)45(26-41)69-54(74)10-17-87-19-21-89-23-24-90-22-20-88-18-15-68/h4-9,25-30,42,48,55-58,61,63,75-77,80H,1,10-24,31-38,68H2,2-3H3,(H,69,74)(H,81,82)/t42-,48-,55+,56+,57-,58+,61-,63-/m0/s1. The van der Waals surface area contributed by atoms with E-state index in [1.165, 1.54) is 55.5 Å². The van der Waals surface area contributed by atoms with Crippen LogP contribution in [0.5, 0.6) is 28.7 Å². The number of carbonyl (C=O) groups is 6. The van der Waals surface area contributed by atoms with Crippen LogP contribution in [0.1, 0.15) is 82.4 Å². The number of aliphatic hydroxyl groups excluding tert-OH is 4. The van der Waals surface area contributed by atoms with E-state index in [4.69, 9.17) is 62.6 Å². The van der Waals surface area contributed by atoms with E-state index >= 15 is 0 Å². The summed E-state index contributed by atoms with van der Waals surface area (Å²) in [6.07, 6.45) is -6.91. The Bertz CT molecular complexity index is 3510. The Morgan fingerprint density at radius 1 is 0.656 bits per heavy atom. The Morgan fingerprint density at radius 2 is 1.24 bits per heavy atom. The Hall–Kier alpha value is -8.36. The van der Waals surface area contributed by atoms with Gasteiger partial charge in [0.2, 0.25) is 12.2 Å². The second-order valence-electron chi connectivity index (χ2n) is 25.0. The molecule has 4 aromatic rings. The number of aliphatic carboxylic acids is 1. The molecule has 2 spiro atoms. The lowest BCUT2D eigenvalue weighted by molar-refractivity contribution is -0.271. The molecule has 8 atom stereocenters. The maximum absolute atomic E-state index is 14.8. The molecule has 96 heavy (non-hydrogen) atoms. The number of ether oxygens (including phenoxy) is 12. The fraction of sp³-hybridized carbons (Fsp3) is 0.522. The number of carboxylic acid groups (broad SMARTS) is 1. The third-order valence-electron chi connectivity index (χ3n) is 18.3. The minimum Gasteiger partial charge on any atom is -0.493 e. The Labute approximate surface area is 553 Å². The number of aliphatic hydroxyl groups is 4. The molecular formula is C67H82N6O23. The molecule has 4 aromatic carbocycles. The van der Waals surface area contributed by atoms with Gasteiger partial charge in [0.25, 0.3) is 11.8 Å². The van der Waals surface area contributed by atoms with Gasteiger partial charge in [0.05, 0.1) is 114 Å². The lowest BCUT2D eigenvalue weighted by atomic mass is 9.99. The summed E-state index contributed by atoms with van der Waals surface area (Å²) in [5.74, 6) is -2.26. The van der Waals surface area contributed by atoms with E-state index < -0.39 is 79.6 Å². The topological polar surface area (TPSA) is 365 Å². The van der Waals surface area contributed by atoms with Crippen molar-refractivity contribution in [2.24, 2.45) is 16.6 Å². The Morgan fingerprint density at radius 3 is 1.85 bits per heavy atom. The average Bonchev–Trinajstić information content (AvgIpc) is 1.57. The number of nitrogens with two attached hydrogens (primary N) is 1. The normalized spacial score (nSPS) is 23.2. The molecule has 7 aliphatic rings. The van der Waals surface area contributed by atoms with E-state index in [-0.39, 0.29) is 127 Å². The molecule has 11 rings (SSSR count). The number of rotatable bonds is 30. The zero-order valence-electron chi connectivity index (χ0n) is 53.5. The highest BCUT2D eigenvalue weighted by Gasteiger charge is 2.59. The van der Waals surface area contributed by atoms with Crippen molar-refractivity contribution in [2.45, 2.75) is 114 Å². The molecule has 5 aliphatic heterocycles. The monoisotopic (exact) mass is 1340 g/mol. The number of nitrogens with zero attached hydrogens (tertiary/aromatic N) is 4. The summed E-state index contributed by atoms with van der Waals surface area (Å²) in [6, 6.07) is 16.5. The molecule has 0 unspecified atom stereocenters. The van der Waals surface area contributed by atoms with Gasteiger partial charge in [-0.25, -0.2) is 19.3 Å². The molecule has 29 nitrogen and oxygen atoms in total. The van der Waals surface area contributed by atoms with Gasteiger partial charge in [0.1, 0.15) is 50.5 Å². The summed E-state index contributed by atoms with van der Waals surface area (Å²) >= 11 is 0. The van der Waals surface area contributed by atoms with Gasteiger partial charge in [-0.1, -0.05) is 36.9 Å². The van der Waals surface area contributed by atoms with Crippen LogP contribution in [0, 0.1) is 10.8 Å². The first-order valence-electron chi connectivity index (χ1n) is 32.0. The van der Waals surface area contributed by atoms with E-state index in [1.54, 1.807) is 17.0 Å². The number of fused-ring (bicyclic) bond motifs is 4. The minimum absolute atomic E-state index is 0.0190. The molecule has 0 radical (unpaired) electrons. The van der Waals surface area contributed by atoms with Crippen molar-refractivity contribution < 1.29 is 111 Å². The lowest BCUT2D eigenvalue weighted by Gasteiger charge is -2.38. The zero-order chi connectivity index (χ0) is 67.8. The van der Waals surface area contributed by atoms with Crippen LogP contribution in [0.3, 0.4) is 0 Å². The molecule has 5 fully saturated rings. The SMILES string of the molecule is C=CCOC(=O)N1C[C@@H]2CC3(CC3)CN2C(=O)c2cc(OC)c(OCc3cccc(COc4cc5c(cc4OC)C(=O)N4CC6(CC6)C[C@H]4[C@H](O)N5C(=O)OCc4ccc(O[C@H]5O[C@@H](C(=O)O)[C@H](O)[C@@H](O)[C@@H]5O)c(NC(=O)CCOCCOCCOCCOCCN)c4)c3)cc21. The number of anilines is 3. The summed E-state index contributed by atoms with van der Waals surface area (Å²) in [7, 11) is 2.88. The lowest BCUT2D eigenvalue weighted by Crippen LogP contribution is -2.61. The van der Waals surface area contributed by atoms with E-state index in [0.29, 0.717) is 81.5 Å². The molecular weight excluding hydrogens is 1260 g/mol. The number of nitrogens with one attached hydrogen (secondary N) is 1. The highest BCUT2D eigenvalue weighted by atomic mass is 16.7. The quantitative estimate of drug-likeness (QED) is 0.0285. The summed E-state index contributed by atoms with van der Waals surface area (Å²) in [6.45, 7) is 6.93. The number of methoxy groups -OCH3 is 2. The second kappa shape index (κ2) is 30.4. The van der Waals surface area contributed by atoms with Gasteiger partial charge in [-0.15, -0.1) is 0 Å². The van der Waals surface area contributed by atoms with Crippen LogP contribution >= 0.6 is 0 Å². The van der Waals surface area contributed by atoms with Crippen LogP contribution in [0.2, 0.25) is 0 Å². The first-order valence-corrected chi connectivity index (χ1v) is 32.0. The number of carbonyl (C=O) groups excluding carboxylic acids is 5. The molecule has 8 N–H and O–H groups in total. The predicted molar refractivity (Wildman–Crippen MR) is 338 cm³/mol. The maximum Gasteiger partial charge on any atom is 0.416 e. The summed E-state index contributed by atoms with van der Waals surface area (Å²) < 4.78 is 69.0. The van der Waals surface area contributed by atoms with Crippen molar-refractivity contribution >= 4 is 52.9 Å². The number of benzene rings is 4. The van der Waals surface area contributed by atoms with Crippen molar-refractivity contribution in [2.75, 3.05) is 115 Å². The van der Waals surface area contributed by atoms with Gasteiger partial charge in [0.15, 0.2) is 35.3 Å². The van der Waals surface area contributed by atoms with Crippen LogP contribution < -0.4 is 44.5 Å². The summed E-state index contributed by atoms with van der Waals surface area (Å²) in [5.41, 5.74) is 7.43. The first kappa shape index (κ1) is 69.0. The predicted octanol–water partition coefficient (Wildman–Crippen LogP) is 4.09. The Kier molecular flexibility index (Phi) is 21.8. The Balaban J connectivity index is 0.788. The van der Waals surface area contributed by atoms with E-state index in [0.717, 1.165) is 37.0 Å². The first-order chi connectivity index (χ1) is 46.4. The number of amides is 5. The molecule has 5 heterocycles. The number of hydrogen-bond donors (Lipinski definition) is 7. The van der Waals surface area contributed by atoms with Gasteiger partial charge in [-0.05, 0) is 96.4 Å². The van der Waals surface area contributed by atoms with Gasteiger partial charge >= 0.3 is 18.2 Å². The van der Waals surface area contributed by atoms with Crippen LogP contribution in [0.25, 0.3) is 0 Å². The van der Waals surface area contributed by atoms with Gasteiger partial charge in [-0.2, -0.15) is 0 Å². The van der Waals surface area contributed by atoms with Gasteiger partial charge in [0, 0.05) is 38.3 Å². The van der Waals surface area contributed by atoms with Crippen molar-refractivity contribution in [3.8, 4) is 28.7 Å². The molecule has 518 valence electrons. The third kappa shape index (κ3) is 15.5. The molecule has 29 heteroatoms. The number of carboxylic acids is 1. The van der Waals surface area contributed by atoms with Crippen LogP contribution in [-0.2, 0) is 62.6 Å². The number of hydrogen-bond acceptors (Lipinski definition) is 23. The maximum atomic E-state index is 14.8. The van der Waals surface area contributed by atoms with Crippen LogP contribution in [0.4, 0.5) is 26.7 Å². The molecule has 0 aromatic heterocycles. The summed E-state index contributed by atoms with van der Waals surface area (Å²) in [4.78, 5) is 88.8. The molecule has 2 aliphatic carbocycles. The fourth-order valence-corrected chi connectivity index (χ4v) is 12.9. The minimum atomic E-state index is -2.01. The van der Waals surface area contributed by atoms with Crippen molar-refractivity contribution in [3.05, 3.63) is 107 Å². The smallest absolute Gasteiger partial charge is 0.416 e. The molecule has 5 amide bonds. The highest BCUT2D eigenvalue weighted by Crippen LogP contribution is 2.58. The average molecular weight is 1340 g/mol. The van der Waals surface area contributed by atoms with Gasteiger partial charge < -0.3 is 103 Å². The van der Waals surface area contributed by atoms with E-state index in [9.17, 15) is 54.3 Å². The second-order valence-corrected chi connectivity index (χ2v) is 25.0. The van der Waals surface area contributed by atoms with E-state index in [1.807, 2.05) is 29.2 Å². The molecule has 3 saturated heterocycles. The van der Waals surface area contributed by atoms with Crippen molar-refractivity contribution in [3.63, 3.8) is 0 Å². The zero-order valence-corrected chi connectivity index (χ0v) is 53.5. The fourth-order valence-electron chi connectivity index (χ4n) is 12.9. The van der Waals surface area contributed by atoms with Gasteiger partial charge in [-0.3, -0.25) is 19.3 Å². The molecule has 2 saturated carbocycles. The third-order valence-corrected chi connectivity index (χ3v) is 18.3. The molecule has 0 bridgehead atoms. The largest absolute Gasteiger partial charge is 0.493 e. The highest BCUT2D eigenvalue weighted by molar-refractivity contribution is 6.07. The van der Waals surface area contributed by atoms with E-state index in [2.05, 4.69) is 11.9 Å². The van der Waals surface area contributed by atoms with Crippen molar-refractivity contribution in [1.29, 1.82) is 0 Å². The van der Waals surface area contributed by atoms with Crippen LogP contribution in [-0.4, -0.2) is 220 Å².